The number of carbonyl (C=O) groups excluding carboxylic acids is 2. The predicted molar refractivity (Wildman–Crippen MR) is 112 cm³/mol. The summed E-state index contributed by atoms with van der Waals surface area (Å²) in [6, 6.07) is 20.6. The number of fused-ring (bicyclic) bond motifs is 1. The van der Waals surface area contributed by atoms with Crippen molar-refractivity contribution in [3.8, 4) is 5.75 Å². The molecule has 0 unspecified atom stereocenters. The predicted octanol–water partition coefficient (Wildman–Crippen LogP) is 4.34. The van der Waals surface area contributed by atoms with Crippen molar-refractivity contribution in [3.63, 3.8) is 0 Å². The molecule has 5 heteroatoms. The molecule has 0 saturated carbocycles. The fourth-order valence-electron chi connectivity index (χ4n) is 3.22. The number of benzene rings is 3. The van der Waals surface area contributed by atoms with Crippen molar-refractivity contribution >= 4 is 28.3 Å². The van der Waals surface area contributed by atoms with Crippen LogP contribution in [0.15, 0.2) is 66.7 Å². The van der Waals surface area contributed by atoms with Gasteiger partial charge in [-0.15, -0.1) is 0 Å². The summed E-state index contributed by atoms with van der Waals surface area (Å²) in [5.41, 5.74) is 1.20. The van der Waals surface area contributed by atoms with Crippen molar-refractivity contribution in [1.29, 1.82) is 0 Å². The van der Waals surface area contributed by atoms with E-state index >= 15 is 0 Å². The maximum absolute atomic E-state index is 13.2. The van der Waals surface area contributed by atoms with Crippen LogP contribution in [0.5, 0.6) is 5.75 Å². The third-order valence-electron chi connectivity index (χ3n) is 4.52. The highest BCUT2D eigenvalue weighted by atomic mass is 16.5. The second-order valence-corrected chi connectivity index (χ2v) is 6.50. The zero-order valence-corrected chi connectivity index (χ0v) is 16.1. The number of hydrogen-bond donors (Lipinski definition) is 1. The quantitative estimate of drug-likeness (QED) is 0.667. The Hall–Kier alpha value is -3.34. The minimum atomic E-state index is -0.258. The van der Waals surface area contributed by atoms with Gasteiger partial charge >= 0.3 is 0 Å². The molecule has 144 valence electrons. The van der Waals surface area contributed by atoms with E-state index in [1.165, 1.54) is 0 Å². The molecule has 0 atom stereocenters. The fraction of sp³-hybridized carbons (Fsp3) is 0.217. The van der Waals surface area contributed by atoms with Gasteiger partial charge in [-0.05, 0) is 35.4 Å². The number of nitrogens with zero attached hydrogens (tertiary/aromatic N) is 1. The Kier molecular flexibility index (Phi) is 6.27. The van der Waals surface area contributed by atoms with Gasteiger partial charge in [0.2, 0.25) is 5.91 Å². The van der Waals surface area contributed by atoms with Gasteiger partial charge in [0.25, 0.3) is 5.91 Å². The first kappa shape index (κ1) is 19.4. The molecule has 5 nitrogen and oxygen atoms in total. The maximum atomic E-state index is 13.2. The Morgan fingerprint density at radius 3 is 2.46 bits per heavy atom. The highest BCUT2D eigenvalue weighted by Crippen LogP contribution is 2.23. The first-order valence-electron chi connectivity index (χ1n) is 9.34. The smallest absolute Gasteiger partial charge is 0.254 e. The third-order valence-corrected chi connectivity index (χ3v) is 4.52. The lowest BCUT2D eigenvalue weighted by molar-refractivity contribution is -0.116. The van der Waals surface area contributed by atoms with Crippen molar-refractivity contribution in [2.45, 2.75) is 13.3 Å². The Balaban J connectivity index is 1.81. The van der Waals surface area contributed by atoms with Gasteiger partial charge in [-0.1, -0.05) is 55.5 Å². The lowest BCUT2D eigenvalue weighted by Crippen LogP contribution is -2.38. The van der Waals surface area contributed by atoms with Crippen LogP contribution in [0.25, 0.3) is 10.8 Å². The van der Waals surface area contributed by atoms with E-state index in [-0.39, 0.29) is 18.4 Å². The Labute approximate surface area is 164 Å². The largest absolute Gasteiger partial charge is 0.495 e. The molecular formula is C23H24N2O3. The molecule has 0 aliphatic carbocycles. The van der Waals surface area contributed by atoms with E-state index in [4.69, 9.17) is 4.74 Å². The summed E-state index contributed by atoms with van der Waals surface area (Å²) in [6.45, 7) is 2.47. The Morgan fingerprint density at radius 1 is 0.964 bits per heavy atom. The standard InChI is InChI=1S/C23H24N2O3/c1-3-15-25(16-22(26)24-20-13-6-7-14-21(20)28-2)23(27)19-12-8-10-17-9-4-5-11-18(17)19/h4-14H,3,15-16H2,1-2H3,(H,24,26). The van der Waals surface area contributed by atoms with Crippen LogP contribution in [0.2, 0.25) is 0 Å². The number of nitrogens with one attached hydrogen (secondary N) is 1. The average Bonchev–Trinajstić information content (AvgIpc) is 2.73. The molecule has 2 amide bonds. The second kappa shape index (κ2) is 9.04. The van der Waals surface area contributed by atoms with Crippen LogP contribution in [0.4, 0.5) is 5.69 Å². The van der Waals surface area contributed by atoms with Gasteiger partial charge in [0.15, 0.2) is 0 Å². The molecule has 3 rings (SSSR count). The van der Waals surface area contributed by atoms with Gasteiger partial charge in [-0.3, -0.25) is 9.59 Å². The molecule has 3 aromatic carbocycles. The number of carbonyl (C=O) groups is 2. The molecule has 0 fully saturated rings. The zero-order chi connectivity index (χ0) is 19.9. The summed E-state index contributed by atoms with van der Waals surface area (Å²) in [7, 11) is 1.55. The van der Waals surface area contributed by atoms with Crippen LogP contribution in [0.3, 0.4) is 0 Å². The molecule has 0 aliphatic rings. The molecule has 28 heavy (non-hydrogen) atoms. The molecule has 0 heterocycles. The Morgan fingerprint density at radius 2 is 1.68 bits per heavy atom. The first-order chi connectivity index (χ1) is 13.6. The number of hydrogen-bond acceptors (Lipinski definition) is 3. The number of para-hydroxylation sites is 2. The van der Waals surface area contributed by atoms with Crippen molar-refractivity contribution in [2.24, 2.45) is 0 Å². The highest BCUT2D eigenvalue weighted by molar-refractivity contribution is 6.08. The van der Waals surface area contributed by atoms with E-state index < -0.39 is 0 Å². The third kappa shape index (κ3) is 4.31. The summed E-state index contributed by atoms with van der Waals surface area (Å²) in [5, 5.41) is 4.73. The van der Waals surface area contributed by atoms with Crippen LogP contribution in [0, 0.1) is 0 Å². The van der Waals surface area contributed by atoms with Crippen molar-refractivity contribution in [1.82, 2.24) is 4.90 Å². The second-order valence-electron chi connectivity index (χ2n) is 6.50. The maximum Gasteiger partial charge on any atom is 0.254 e. The van der Waals surface area contributed by atoms with E-state index in [9.17, 15) is 9.59 Å². The summed E-state index contributed by atoms with van der Waals surface area (Å²) in [4.78, 5) is 27.4. The zero-order valence-electron chi connectivity index (χ0n) is 16.1. The highest BCUT2D eigenvalue weighted by Gasteiger charge is 2.20. The first-order valence-corrected chi connectivity index (χ1v) is 9.34. The van der Waals surface area contributed by atoms with Crippen LogP contribution in [0.1, 0.15) is 23.7 Å². The lowest BCUT2D eigenvalue weighted by Gasteiger charge is -2.22. The molecule has 1 N–H and O–H groups in total. The molecule has 0 spiro atoms. The molecule has 0 bridgehead atoms. The summed E-state index contributed by atoms with van der Waals surface area (Å²) in [5.74, 6) is 0.179. The van der Waals surface area contributed by atoms with E-state index in [2.05, 4.69) is 5.32 Å². The molecule has 3 aromatic rings. The summed E-state index contributed by atoms with van der Waals surface area (Å²) in [6.07, 6.45) is 0.762. The topological polar surface area (TPSA) is 58.6 Å². The Bertz CT molecular complexity index is 979. The van der Waals surface area contributed by atoms with E-state index in [1.807, 2.05) is 61.5 Å². The molecular weight excluding hydrogens is 352 g/mol. The number of ether oxygens (including phenoxy) is 1. The lowest BCUT2D eigenvalue weighted by atomic mass is 10.0. The van der Waals surface area contributed by atoms with E-state index in [0.29, 0.717) is 23.5 Å². The van der Waals surface area contributed by atoms with Crippen molar-refractivity contribution in [3.05, 3.63) is 72.3 Å². The number of rotatable bonds is 7. The van der Waals surface area contributed by atoms with Gasteiger partial charge in [-0.2, -0.15) is 0 Å². The average molecular weight is 376 g/mol. The monoisotopic (exact) mass is 376 g/mol. The number of methoxy groups -OCH3 is 1. The van der Waals surface area contributed by atoms with Crippen molar-refractivity contribution < 1.29 is 14.3 Å². The van der Waals surface area contributed by atoms with Gasteiger partial charge < -0.3 is 15.0 Å². The molecule has 0 aromatic heterocycles. The van der Waals surface area contributed by atoms with E-state index in [0.717, 1.165) is 17.2 Å². The van der Waals surface area contributed by atoms with E-state index in [1.54, 1.807) is 24.1 Å². The van der Waals surface area contributed by atoms with Gasteiger partial charge in [0.05, 0.1) is 12.8 Å². The summed E-state index contributed by atoms with van der Waals surface area (Å²) >= 11 is 0. The van der Waals surface area contributed by atoms with Gasteiger partial charge in [0.1, 0.15) is 12.3 Å². The summed E-state index contributed by atoms with van der Waals surface area (Å²) < 4.78 is 5.27. The molecule has 0 saturated heterocycles. The van der Waals surface area contributed by atoms with Gasteiger partial charge in [-0.25, -0.2) is 0 Å². The van der Waals surface area contributed by atoms with Gasteiger partial charge in [0, 0.05) is 12.1 Å². The van der Waals surface area contributed by atoms with Crippen LogP contribution >= 0.6 is 0 Å². The van der Waals surface area contributed by atoms with Crippen LogP contribution in [-0.2, 0) is 4.79 Å². The van der Waals surface area contributed by atoms with Crippen LogP contribution in [-0.4, -0.2) is 36.9 Å². The van der Waals surface area contributed by atoms with Crippen molar-refractivity contribution in [2.75, 3.05) is 25.5 Å². The minimum absolute atomic E-state index is 0.0199. The van der Waals surface area contributed by atoms with Crippen LogP contribution < -0.4 is 10.1 Å². The number of amides is 2. The fourth-order valence-corrected chi connectivity index (χ4v) is 3.22. The SMILES string of the molecule is CCCN(CC(=O)Nc1ccccc1OC)C(=O)c1cccc2ccccc12. The minimum Gasteiger partial charge on any atom is -0.495 e. The molecule has 0 aliphatic heterocycles. The molecule has 0 radical (unpaired) electrons. The normalized spacial score (nSPS) is 10.5. The number of anilines is 1.